The third-order valence-electron chi connectivity index (χ3n) is 2.72. The van der Waals surface area contributed by atoms with Crippen LogP contribution in [0.5, 0.6) is 5.75 Å². The standard InChI is InChI=1S/C15H25N3O2.HI/c1-12(2)8-10-20-11-9-17-15(16)18-13-4-6-14(19-3)7-5-13;/h4-7,12H,8-11H2,1-3H3,(H3,16,17,18);1H. The highest BCUT2D eigenvalue weighted by atomic mass is 127. The van der Waals surface area contributed by atoms with Gasteiger partial charge in [-0.15, -0.1) is 24.0 Å². The van der Waals surface area contributed by atoms with E-state index in [0.717, 1.165) is 24.5 Å². The van der Waals surface area contributed by atoms with Gasteiger partial charge in [-0.3, -0.25) is 4.99 Å². The second-order valence-corrected chi connectivity index (χ2v) is 4.92. The van der Waals surface area contributed by atoms with Crippen molar-refractivity contribution in [3.63, 3.8) is 0 Å². The number of benzene rings is 1. The average molecular weight is 407 g/mol. The lowest BCUT2D eigenvalue weighted by molar-refractivity contribution is 0.131. The van der Waals surface area contributed by atoms with Gasteiger partial charge in [-0.1, -0.05) is 13.8 Å². The van der Waals surface area contributed by atoms with E-state index in [-0.39, 0.29) is 24.0 Å². The monoisotopic (exact) mass is 407 g/mol. The summed E-state index contributed by atoms with van der Waals surface area (Å²) in [5.41, 5.74) is 6.67. The Kier molecular flexibility index (Phi) is 11.1. The number of aliphatic imine (C=N–C) groups is 1. The van der Waals surface area contributed by atoms with E-state index in [9.17, 15) is 0 Å². The molecule has 1 rings (SSSR count). The Morgan fingerprint density at radius 2 is 1.90 bits per heavy atom. The van der Waals surface area contributed by atoms with Crippen LogP contribution >= 0.6 is 24.0 Å². The Balaban J connectivity index is 0.00000400. The summed E-state index contributed by atoms with van der Waals surface area (Å²) in [7, 11) is 1.64. The number of anilines is 1. The lowest BCUT2D eigenvalue weighted by atomic mass is 10.1. The summed E-state index contributed by atoms with van der Waals surface area (Å²) in [6, 6.07) is 7.51. The molecular weight excluding hydrogens is 381 g/mol. The number of nitrogens with two attached hydrogens (primary N) is 1. The van der Waals surface area contributed by atoms with Crippen LogP contribution in [0.4, 0.5) is 5.69 Å². The average Bonchev–Trinajstić information content (AvgIpc) is 2.43. The van der Waals surface area contributed by atoms with Crippen LogP contribution in [0.2, 0.25) is 0 Å². The highest BCUT2D eigenvalue weighted by Gasteiger charge is 1.97. The lowest BCUT2D eigenvalue weighted by Gasteiger charge is -2.07. The van der Waals surface area contributed by atoms with Crippen molar-refractivity contribution < 1.29 is 9.47 Å². The molecule has 0 aliphatic rings. The van der Waals surface area contributed by atoms with Crippen LogP contribution in [0.3, 0.4) is 0 Å². The first kappa shape index (κ1) is 20.0. The zero-order valence-corrected chi connectivity index (χ0v) is 15.3. The van der Waals surface area contributed by atoms with E-state index in [0.29, 0.717) is 25.0 Å². The van der Waals surface area contributed by atoms with E-state index in [4.69, 9.17) is 15.2 Å². The number of nitrogens with zero attached hydrogens (tertiary/aromatic N) is 1. The zero-order valence-electron chi connectivity index (χ0n) is 13.0. The van der Waals surface area contributed by atoms with Crippen LogP contribution in [-0.4, -0.2) is 32.8 Å². The molecule has 0 saturated heterocycles. The van der Waals surface area contributed by atoms with Crippen LogP contribution in [0, 0.1) is 5.92 Å². The molecule has 6 heteroatoms. The molecule has 0 amide bonds. The van der Waals surface area contributed by atoms with Gasteiger partial charge in [0, 0.05) is 12.3 Å². The van der Waals surface area contributed by atoms with Gasteiger partial charge < -0.3 is 20.5 Å². The maximum Gasteiger partial charge on any atom is 0.193 e. The minimum atomic E-state index is 0. The first-order chi connectivity index (χ1) is 9.61. The molecule has 0 aromatic heterocycles. The molecule has 5 nitrogen and oxygen atoms in total. The van der Waals surface area contributed by atoms with Crippen molar-refractivity contribution in [1.29, 1.82) is 0 Å². The number of methoxy groups -OCH3 is 1. The van der Waals surface area contributed by atoms with Crippen LogP contribution < -0.4 is 15.8 Å². The molecule has 3 N–H and O–H groups in total. The molecule has 0 aliphatic carbocycles. The molecule has 0 unspecified atom stereocenters. The van der Waals surface area contributed by atoms with Crippen LogP contribution in [0.25, 0.3) is 0 Å². The SMILES string of the molecule is COc1ccc(NC(N)=NCCOCCC(C)C)cc1.I. The van der Waals surface area contributed by atoms with Gasteiger partial charge in [0.1, 0.15) is 5.75 Å². The Morgan fingerprint density at radius 3 is 2.48 bits per heavy atom. The lowest BCUT2D eigenvalue weighted by Crippen LogP contribution is -2.23. The van der Waals surface area contributed by atoms with Crippen LogP contribution in [0.15, 0.2) is 29.3 Å². The summed E-state index contributed by atoms with van der Waals surface area (Å²) >= 11 is 0. The van der Waals surface area contributed by atoms with E-state index in [2.05, 4.69) is 24.2 Å². The Bertz CT molecular complexity index is 408. The van der Waals surface area contributed by atoms with E-state index in [1.807, 2.05) is 24.3 Å². The van der Waals surface area contributed by atoms with Crippen molar-refractivity contribution in [1.82, 2.24) is 0 Å². The molecule has 0 bridgehead atoms. The fourth-order valence-electron chi connectivity index (χ4n) is 1.51. The minimum absolute atomic E-state index is 0. The molecule has 0 radical (unpaired) electrons. The van der Waals surface area contributed by atoms with Crippen molar-refractivity contribution in [2.24, 2.45) is 16.6 Å². The second-order valence-electron chi connectivity index (χ2n) is 4.92. The maximum absolute atomic E-state index is 5.79. The van der Waals surface area contributed by atoms with E-state index in [1.54, 1.807) is 7.11 Å². The fourth-order valence-corrected chi connectivity index (χ4v) is 1.51. The van der Waals surface area contributed by atoms with Crippen molar-refractivity contribution in [2.75, 3.05) is 32.2 Å². The summed E-state index contributed by atoms with van der Waals surface area (Å²) in [6.07, 6.45) is 1.07. The number of hydrogen-bond acceptors (Lipinski definition) is 3. The van der Waals surface area contributed by atoms with Gasteiger partial charge in [0.05, 0.1) is 20.3 Å². The van der Waals surface area contributed by atoms with Gasteiger partial charge in [-0.2, -0.15) is 0 Å². The summed E-state index contributed by atoms with van der Waals surface area (Å²) in [5, 5.41) is 3.02. The molecule has 1 aromatic rings. The van der Waals surface area contributed by atoms with Crippen molar-refractivity contribution in [3.05, 3.63) is 24.3 Å². The maximum atomic E-state index is 5.79. The quantitative estimate of drug-likeness (QED) is 0.301. The topological polar surface area (TPSA) is 68.9 Å². The van der Waals surface area contributed by atoms with Crippen molar-refractivity contribution in [3.8, 4) is 5.75 Å². The number of guanidine groups is 1. The molecule has 0 saturated carbocycles. The number of nitrogens with one attached hydrogen (secondary N) is 1. The molecule has 120 valence electrons. The third kappa shape index (κ3) is 9.52. The smallest absolute Gasteiger partial charge is 0.193 e. The van der Waals surface area contributed by atoms with Gasteiger partial charge in [0.15, 0.2) is 5.96 Å². The third-order valence-corrected chi connectivity index (χ3v) is 2.72. The Morgan fingerprint density at radius 1 is 1.24 bits per heavy atom. The largest absolute Gasteiger partial charge is 0.497 e. The highest BCUT2D eigenvalue weighted by molar-refractivity contribution is 14.0. The van der Waals surface area contributed by atoms with E-state index in [1.165, 1.54) is 0 Å². The first-order valence-corrected chi connectivity index (χ1v) is 6.90. The molecule has 0 spiro atoms. The molecule has 1 aromatic carbocycles. The number of rotatable bonds is 8. The number of halogens is 1. The van der Waals surface area contributed by atoms with Gasteiger partial charge in [-0.05, 0) is 36.6 Å². The van der Waals surface area contributed by atoms with E-state index >= 15 is 0 Å². The van der Waals surface area contributed by atoms with E-state index < -0.39 is 0 Å². The highest BCUT2D eigenvalue weighted by Crippen LogP contribution is 2.14. The molecule has 0 atom stereocenters. The minimum Gasteiger partial charge on any atom is -0.497 e. The Hall–Kier alpha value is -1.02. The molecule has 0 fully saturated rings. The predicted octanol–water partition coefficient (Wildman–Crippen LogP) is 3.10. The molecule has 21 heavy (non-hydrogen) atoms. The molecular formula is C15H26IN3O2. The second kappa shape index (κ2) is 11.6. The number of ether oxygens (including phenoxy) is 2. The summed E-state index contributed by atoms with van der Waals surface area (Å²) in [4.78, 5) is 4.21. The summed E-state index contributed by atoms with van der Waals surface area (Å²) < 4.78 is 10.6. The Labute approximate surface area is 144 Å². The van der Waals surface area contributed by atoms with Crippen molar-refractivity contribution >= 4 is 35.6 Å². The fraction of sp³-hybridized carbons (Fsp3) is 0.533. The van der Waals surface area contributed by atoms with Gasteiger partial charge in [-0.25, -0.2) is 0 Å². The molecule has 0 heterocycles. The zero-order chi connectivity index (χ0) is 14.8. The molecule has 0 aliphatic heterocycles. The van der Waals surface area contributed by atoms with Crippen LogP contribution in [0.1, 0.15) is 20.3 Å². The van der Waals surface area contributed by atoms with Crippen LogP contribution in [-0.2, 0) is 4.74 Å². The normalized spacial score (nSPS) is 11.1. The first-order valence-electron chi connectivity index (χ1n) is 6.90. The summed E-state index contributed by atoms with van der Waals surface area (Å²) in [6.45, 7) is 6.29. The van der Waals surface area contributed by atoms with Gasteiger partial charge in [0.25, 0.3) is 0 Å². The summed E-state index contributed by atoms with van der Waals surface area (Å²) in [5.74, 6) is 1.87. The number of hydrogen-bond donors (Lipinski definition) is 2. The van der Waals surface area contributed by atoms with Gasteiger partial charge >= 0.3 is 0 Å². The predicted molar refractivity (Wildman–Crippen MR) is 98.8 cm³/mol. The van der Waals surface area contributed by atoms with Gasteiger partial charge in [0.2, 0.25) is 0 Å². The van der Waals surface area contributed by atoms with Crippen molar-refractivity contribution in [2.45, 2.75) is 20.3 Å².